The maximum Gasteiger partial charge on any atom is 0.218 e. The Hall–Kier alpha value is -5.28. The smallest absolute Gasteiger partial charge is 0.218 e. The van der Waals surface area contributed by atoms with E-state index in [0.29, 0.717) is 23.8 Å². The van der Waals surface area contributed by atoms with Crippen LogP contribution < -0.4 is 9.13 Å². The van der Waals surface area contributed by atoms with Gasteiger partial charge in [0.2, 0.25) is 11.4 Å². The molecule has 5 heterocycles. The fourth-order valence-electron chi connectivity index (χ4n) is 8.61. The molecule has 1 fully saturated rings. The molecule has 0 bridgehead atoms. The van der Waals surface area contributed by atoms with Gasteiger partial charge in [0.25, 0.3) is 0 Å². The summed E-state index contributed by atoms with van der Waals surface area (Å²) in [5.41, 5.74) is 13.3. The lowest BCUT2D eigenvalue weighted by Gasteiger charge is -2.12. The summed E-state index contributed by atoms with van der Waals surface area (Å²) in [7, 11) is 0. The summed E-state index contributed by atoms with van der Waals surface area (Å²) in [6.07, 6.45) is 6.43. The summed E-state index contributed by atoms with van der Waals surface area (Å²) >= 11 is 0. The van der Waals surface area contributed by atoms with Gasteiger partial charge in [-0.15, -0.1) is 0 Å². The fourth-order valence-corrected chi connectivity index (χ4v) is 8.61. The predicted molar refractivity (Wildman–Crippen MR) is 184 cm³/mol. The molecule has 1 saturated carbocycles. The van der Waals surface area contributed by atoms with Gasteiger partial charge < -0.3 is 4.40 Å². The Balaban J connectivity index is 1.33. The van der Waals surface area contributed by atoms with Crippen molar-refractivity contribution in [2.45, 2.75) is 37.6 Å². The van der Waals surface area contributed by atoms with E-state index in [1.165, 1.54) is 77.3 Å². The summed E-state index contributed by atoms with van der Waals surface area (Å²) in [5.74, 6) is 1.20. The summed E-state index contributed by atoms with van der Waals surface area (Å²) in [5, 5.41) is 5.26. The zero-order valence-corrected chi connectivity index (χ0v) is 25.5. The van der Waals surface area contributed by atoms with Crippen LogP contribution in [0.5, 0.6) is 0 Å². The van der Waals surface area contributed by atoms with Crippen LogP contribution in [-0.4, -0.2) is 4.40 Å². The highest BCUT2D eigenvalue weighted by Gasteiger charge is 2.64. The van der Waals surface area contributed by atoms with E-state index < -0.39 is 0 Å². The van der Waals surface area contributed by atoms with Crippen molar-refractivity contribution in [3.8, 4) is 22.5 Å². The van der Waals surface area contributed by atoms with Crippen molar-refractivity contribution in [2.24, 2.45) is 0 Å². The number of para-hydroxylation sites is 2. The fraction of sp³-hybridized carbons (Fsp3) is 0.143. The van der Waals surface area contributed by atoms with Crippen molar-refractivity contribution in [3.63, 3.8) is 0 Å². The van der Waals surface area contributed by atoms with Gasteiger partial charge in [-0.1, -0.05) is 68.4 Å². The molecule has 45 heavy (non-hydrogen) atoms. The average molecular weight is 580 g/mol. The molecule has 0 radical (unpaired) electrons. The Morgan fingerprint density at radius 1 is 0.644 bits per heavy atom. The number of aromatic nitrogens is 3. The molecule has 4 aromatic carbocycles. The molecule has 3 heteroatoms. The van der Waals surface area contributed by atoms with Gasteiger partial charge in [0, 0.05) is 51.4 Å². The number of hydrogen-bond acceptors (Lipinski definition) is 0. The molecule has 4 aromatic heterocycles. The van der Waals surface area contributed by atoms with E-state index in [2.05, 4.69) is 156 Å². The monoisotopic (exact) mass is 579 g/mol. The molecule has 0 N–H and O–H groups in total. The first-order valence-corrected chi connectivity index (χ1v) is 16.1. The van der Waals surface area contributed by atoms with E-state index in [1.54, 1.807) is 0 Å². The van der Waals surface area contributed by atoms with Gasteiger partial charge >= 0.3 is 0 Å². The molecule has 0 saturated heterocycles. The second kappa shape index (κ2) is 8.89. The largest absolute Gasteiger partial charge is 0.308 e. The highest BCUT2D eigenvalue weighted by atomic mass is 15.1. The lowest BCUT2D eigenvalue weighted by molar-refractivity contribution is -0.693. The Kier molecular flexibility index (Phi) is 4.96. The lowest BCUT2D eigenvalue weighted by atomic mass is 9.92. The predicted octanol–water partition coefficient (Wildman–Crippen LogP) is 9.41. The van der Waals surface area contributed by atoms with Crippen LogP contribution in [0.15, 0.2) is 128 Å². The van der Waals surface area contributed by atoms with Gasteiger partial charge in [0.15, 0.2) is 24.6 Å². The maximum absolute atomic E-state index is 4.23. The van der Waals surface area contributed by atoms with Crippen molar-refractivity contribution < 1.29 is 9.13 Å². The summed E-state index contributed by atoms with van der Waals surface area (Å²) in [6, 6.07) is 41.4. The van der Waals surface area contributed by atoms with Crippen LogP contribution >= 0.6 is 0 Å². The normalized spacial score (nSPS) is 18.5. The molecule has 10 rings (SSSR count). The van der Waals surface area contributed by atoms with Crippen LogP contribution in [0.3, 0.4) is 0 Å². The van der Waals surface area contributed by atoms with E-state index in [9.17, 15) is 0 Å². The molecule has 2 aliphatic rings. The average Bonchev–Trinajstić information content (AvgIpc) is 3.64. The Morgan fingerprint density at radius 3 is 2.27 bits per heavy atom. The van der Waals surface area contributed by atoms with Crippen molar-refractivity contribution in [1.82, 2.24) is 4.40 Å². The lowest BCUT2D eigenvalue weighted by Crippen LogP contribution is -2.37. The van der Waals surface area contributed by atoms with Crippen LogP contribution in [0.2, 0.25) is 0 Å². The van der Waals surface area contributed by atoms with Gasteiger partial charge in [-0.2, -0.15) is 9.13 Å². The minimum Gasteiger partial charge on any atom is -0.308 e. The molecule has 0 spiro atoms. The van der Waals surface area contributed by atoms with Crippen LogP contribution in [0.1, 0.15) is 54.3 Å². The summed E-state index contributed by atoms with van der Waals surface area (Å²) in [6.45, 7) is 8.79. The molecule has 3 unspecified atom stereocenters. The first-order valence-electron chi connectivity index (χ1n) is 16.1. The van der Waals surface area contributed by atoms with Gasteiger partial charge in [0.1, 0.15) is 0 Å². The van der Waals surface area contributed by atoms with E-state index in [0.717, 1.165) is 0 Å². The molecule has 3 nitrogen and oxygen atoms in total. The van der Waals surface area contributed by atoms with Gasteiger partial charge in [-0.25, -0.2) is 0 Å². The molecule has 8 aromatic rings. The second-order valence-corrected chi connectivity index (χ2v) is 13.2. The van der Waals surface area contributed by atoms with Crippen LogP contribution in [0.25, 0.3) is 66.8 Å². The molecule has 214 valence electrons. The highest BCUT2D eigenvalue weighted by Crippen LogP contribution is 2.66. The quantitative estimate of drug-likeness (QED) is 0.184. The zero-order chi connectivity index (χ0) is 30.0. The van der Waals surface area contributed by atoms with E-state index in [4.69, 9.17) is 0 Å². The molecule has 3 atom stereocenters. The SMILES string of the molecule is C=C[n+]1ccc(C(C)C)cc1-c1cc2c3cccc4c5ccccc5n(c2cc1C1C2c5ccccc5-c5cccc[n+]5C12)c43. The standard InChI is InChI=1S/C42H33N3/c1-4-43-21-19-26(25(2)3)22-37(43)33-23-32-31-16-11-15-30-28-13-7-8-18-36(28)45(41(30)31)38(32)24-34(33)40-39-29-14-6-5-12-27(29)35-17-9-10-20-44(35)42(39)40/h4-25,39-40,42H,1H2,2-3H3/q+2. The number of rotatable bonds is 4. The van der Waals surface area contributed by atoms with E-state index >= 15 is 0 Å². The van der Waals surface area contributed by atoms with Crippen LogP contribution in [0, 0.1) is 0 Å². The first-order chi connectivity index (χ1) is 22.1. The van der Waals surface area contributed by atoms with E-state index in [-0.39, 0.29) is 0 Å². The Labute approximate surface area is 262 Å². The third-order valence-electron chi connectivity index (χ3n) is 10.7. The molecular formula is C42H33N3+2. The topological polar surface area (TPSA) is 12.2 Å². The third kappa shape index (κ3) is 3.25. The summed E-state index contributed by atoms with van der Waals surface area (Å²) in [4.78, 5) is 0. The number of pyridine rings is 2. The summed E-state index contributed by atoms with van der Waals surface area (Å²) < 4.78 is 7.28. The second-order valence-electron chi connectivity index (χ2n) is 13.2. The molecular weight excluding hydrogens is 546 g/mol. The van der Waals surface area contributed by atoms with Crippen molar-refractivity contribution in [3.05, 3.63) is 145 Å². The first kappa shape index (κ1) is 25.1. The van der Waals surface area contributed by atoms with Crippen molar-refractivity contribution >= 4 is 44.3 Å². The Bertz CT molecular complexity index is 2460. The zero-order valence-electron chi connectivity index (χ0n) is 25.5. The number of benzene rings is 4. The number of nitrogens with zero attached hydrogens (tertiary/aromatic N) is 3. The third-order valence-corrected chi connectivity index (χ3v) is 10.7. The molecule has 1 aliphatic heterocycles. The molecule has 1 aliphatic carbocycles. The van der Waals surface area contributed by atoms with Gasteiger partial charge in [-0.05, 0) is 59.5 Å². The molecule has 0 amide bonds. The number of fused-ring (bicyclic) bond motifs is 12. The van der Waals surface area contributed by atoms with Gasteiger partial charge in [-0.3, -0.25) is 0 Å². The maximum atomic E-state index is 4.23. The number of hydrogen-bond donors (Lipinski definition) is 0. The minimum atomic E-state index is 0.349. The van der Waals surface area contributed by atoms with Crippen molar-refractivity contribution in [2.75, 3.05) is 0 Å². The minimum absolute atomic E-state index is 0.349. The van der Waals surface area contributed by atoms with Crippen LogP contribution in [-0.2, 0) is 0 Å². The van der Waals surface area contributed by atoms with Crippen molar-refractivity contribution in [1.29, 1.82) is 0 Å². The van der Waals surface area contributed by atoms with Gasteiger partial charge in [0.05, 0.1) is 33.9 Å². The Morgan fingerprint density at radius 2 is 1.40 bits per heavy atom. The van der Waals surface area contributed by atoms with Crippen LogP contribution in [0.4, 0.5) is 0 Å². The highest BCUT2D eigenvalue weighted by molar-refractivity contribution is 6.23. The van der Waals surface area contributed by atoms with E-state index in [1.807, 2.05) is 6.20 Å².